The Balaban J connectivity index is 1.74. The van der Waals surface area contributed by atoms with Gasteiger partial charge in [-0.25, -0.2) is 0 Å². The van der Waals surface area contributed by atoms with Crippen LogP contribution in [0.2, 0.25) is 0 Å². The standard InChI is InChI=1S/C21H22N2O4/c1-14(24)15-8-5-9-18(10-15)22-20(25)13-23-12-17-7-4-3-6-16(17)11-19(23)21(26)27-2/h3-10,19H,11-13H2,1-2H3,(H,22,25)/t19-/m0/s1. The molecule has 2 aromatic rings. The van der Waals surface area contributed by atoms with Crippen molar-refractivity contribution in [3.8, 4) is 0 Å². The quantitative estimate of drug-likeness (QED) is 0.650. The SMILES string of the molecule is COC(=O)[C@@H]1Cc2ccccc2CN1CC(=O)Nc1cccc(C(C)=O)c1. The van der Waals surface area contributed by atoms with Gasteiger partial charge in [0, 0.05) is 17.8 Å². The predicted molar refractivity (Wildman–Crippen MR) is 101 cm³/mol. The van der Waals surface area contributed by atoms with E-state index >= 15 is 0 Å². The predicted octanol–water partition coefficient (Wildman–Crippen LogP) is 2.43. The first kappa shape index (κ1) is 18.8. The van der Waals surface area contributed by atoms with E-state index in [1.165, 1.54) is 14.0 Å². The van der Waals surface area contributed by atoms with Crippen LogP contribution in [0.1, 0.15) is 28.4 Å². The molecule has 0 saturated heterocycles. The molecule has 0 aromatic heterocycles. The van der Waals surface area contributed by atoms with Crippen molar-refractivity contribution in [2.75, 3.05) is 19.0 Å². The zero-order valence-corrected chi connectivity index (χ0v) is 15.4. The maximum atomic E-state index is 12.5. The molecular formula is C21H22N2O4. The molecule has 6 nitrogen and oxygen atoms in total. The average Bonchev–Trinajstić information content (AvgIpc) is 2.67. The van der Waals surface area contributed by atoms with Gasteiger partial charge in [-0.2, -0.15) is 0 Å². The number of Topliss-reactive ketones (excluding diaryl/α,β-unsaturated/α-hetero) is 1. The van der Waals surface area contributed by atoms with E-state index in [1.54, 1.807) is 24.3 Å². The Hall–Kier alpha value is -2.99. The summed E-state index contributed by atoms with van der Waals surface area (Å²) in [5, 5.41) is 2.80. The third-order valence-corrected chi connectivity index (χ3v) is 4.72. The number of anilines is 1. The Morgan fingerprint density at radius 1 is 1.11 bits per heavy atom. The van der Waals surface area contributed by atoms with Gasteiger partial charge in [0.05, 0.1) is 13.7 Å². The molecule has 0 fully saturated rings. The second-order valence-electron chi connectivity index (χ2n) is 6.60. The van der Waals surface area contributed by atoms with Crippen molar-refractivity contribution in [2.45, 2.75) is 25.9 Å². The number of amides is 1. The van der Waals surface area contributed by atoms with Crippen LogP contribution in [-0.2, 0) is 27.3 Å². The molecule has 2 aromatic carbocycles. The van der Waals surface area contributed by atoms with Gasteiger partial charge in [-0.1, -0.05) is 36.4 Å². The van der Waals surface area contributed by atoms with Crippen LogP contribution in [0.25, 0.3) is 0 Å². The molecular weight excluding hydrogens is 344 g/mol. The highest BCUT2D eigenvalue weighted by molar-refractivity contribution is 5.97. The average molecular weight is 366 g/mol. The normalized spacial score (nSPS) is 16.3. The van der Waals surface area contributed by atoms with Crippen LogP contribution in [0.3, 0.4) is 0 Å². The minimum absolute atomic E-state index is 0.0540. The van der Waals surface area contributed by atoms with Gasteiger partial charge >= 0.3 is 5.97 Å². The fraction of sp³-hybridized carbons (Fsp3) is 0.286. The summed E-state index contributed by atoms with van der Waals surface area (Å²) >= 11 is 0. The lowest BCUT2D eigenvalue weighted by molar-refractivity contribution is -0.148. The molecule has 1 atom stereocenters. The number of hydrogen-bond acceptors (Lipinski definition) is 5. The van der Waals surface area contributed by atoms with Gasteiger partial charge in [0.1, 0.15) is 6.04 Å². The number of carbonyl (C=O) groups excluding carboxylic acids is 3. The molecule has 6 heteroatoms. The molecule has 0 bridgehead atoms. The van der Waals surface area contributed by atoms with E-state index < -0.39 is 6.04 Å². The fourth-order valence-corrected chi connectivity index (χ4v) is 3.31. The summed E-state index contributed by atoms with van der Waals surface area (Å²) in [6, 6.07) is 14.2. The molecule has 0 radical (unpaired) electrons. The zero-order chi connectivity index (χ0) is 19.4. The summed E-state index contributed by atoms with van der Waals surface area (Å²) < 4.78 is 4.93. The largest absolute Gasteiger partial charge is 0.468 e. The molecule has 3 rings (SSSR count). The highest BCUT2D eigenvalue weighted by Crippen LogP contribution is 2.24. The highest BCUT2D eigenvalue weighted by atomic mass is 16.5. The van der Waals surface area contributed by atoms with E-state index in [2.05, 4.69) is 5.32 Å². The van der Waals surface area contributed by atoms with Gasteiger partial charge in [-0.3, -0.25) is 19.3 Å². The van der Waals surface area contributed by atoms with Crippen molar-refractivity contribution in [2.24, 2.45) is 0 Å². The molecule has 0 aliphatic carbocycles. The Morgan fingerprint density at radius 3 is 2.56 bits per heavy atom. The molecule has 1 aliphatic rings. The molecule has 0 saturated carbocycles. The summed E-state index contributed by atoms with van der Waals surface area (Å²) in [5.41, 5.74) is 3.29. The number of methoxy groups -OCH3 is 1. The van der Waals surface area contributed by atoms with Crippen molar-refractivity contribution < 1.29 is 19.1 Å². The number of ether oxygens (including phenoxy) is 1. The molecule has 1 heterocycles. The summed E-state index contributed by atoms with van der Waals surface area (Å²) in [7, 11) is 1.36. The maximum absolute atomic E-state index is 12.5. The minimum Gasteiger partial charge on any atom is -0.468 e. The number of benzene rings is 2. The number of ketones is 1. The Kier molecular flexibility index (Phi) is 5.66. The number of rotatable bonds is 5. The monoisotopic (exact) mass is 366 g/mol. The van der Waals surface area contributed by atoms with E-state index in [0.717, 1.165) is 11.1 Å². The summed E-state index contributed by atoms with van der Waals surface area (Å²) in [4.78, 5) is 38.1. The van der Waals surface area contributed by atoms with Crippen molar-refractivity contribution in [1.29, 1.82) is 0 Å². The van der Waals surface area contributed by atoms with Crippen LogP contribution < -0.4 is 5.32 Å². The van der Waals surface area contributed by atoms with Crippen molar-refractivity contribution in [1.82, 2.24) is 4.90 Å². The number of hydrogen-bond donors (Lipinski definition) is 1. The first-order chi connectivity index (χ1) is 13.0. The number of esters is 1. The first-order valence-corrected chi connectivity index (χ1v) is 8.77. The minimum atomic E-state index is -0.501. The lowest BCUT2D eigenvalue weighted by Crippen LogP contribution is -2.49. The van der Waals surface area contributed by atoms with E-state index in [-0.39, 0.29) is 24.2 Å². The number of nitrogens with one attached hydrogen (secondary N) is 1. The topological polar surface area (TPSA) is 75.7 Å². The van der Waals surface area contributed by atoms with Crippen LogP contribution in [0.4, 0.5) is 5.69 Å². The third kappa shape index (κ3) is 4.41. The second kappa shape index (κ2) is 8.14. The summed E-state index contributed by atoms with van der Waals surface area (Å²) in [6.07, 6.45) is 0.510. The highest BCUT2D eigenvalue weighted by Gasteiger charge is 2.33. The van der Waals surface area contributed by atoms with Gasteiger partial charge in [0.2, 0.25) is 5.91 Å². The number of nitrogens with zero attached hydrogens (tertiary/aromatic N) is 1. The van der Waals surface area contributed by atoms with E-state index in [0.29, 0.717) is 24.2 Å². The van der Waals surface area contributed by atoms with Crippen LogP contribution in [0, 0.1) is 0 Å². The molecule has 1 amide bonds. The van der Waals surface area contributed by atoms with Crippen LogP contribution >= 0.6 is 0 Å². The van der Waals surface area contributed by atoms with E-state index in [1.807, 2.05) is 29.2 Å². The lowest BCUT2D eigenvalue weighted by Gasteiger charge is -2.34. The van der Waals surface area contributed by atoms with Crippen molar-refractivity contribution in [3.63, 3.8) is 0 Å². The Morgan fingerprint density at radius 2 is 1.85 bits per heavy atom. The number of carbonyl (C=O) groups is 3. The second-order valence-corrected chi connectivity index (χ2v) is 6.60. The molecule has 0 unspecified atom stereocenters. The fourth-order valence-electron chi connectivity index (χ4n) is 3.31. The molecule has 0 spiro atoms. The van der Waals surface area contributed by atoms with Crippen molar-refractivity contribution >= 4 is 23.3 Å². The Bertz CT molecular complexity index is 878. The zero-order valence-electron chi connectivity index (χ0n) is 15.4. The smallest absolute Gasteiger partial charge is 0.323 e. The third-order valence-electron chi connectivity index (χ3n) is 4.72. The maximum Gasteiger partial charge on any atom is 0.323 e. The molecule has 1 N–H and O–H groups in total. The van der Waals surface area contributed by atoms with Crippen LogP contribution in [-0.4, -0.2) is 42.3 Å². The van der Waals surface area contributed by atoms with E-state index in [4.69, 9.17) is 4.74 Å². The molecule has 140 valence electrons. The molecule has 1 aliphatic heterocycles. The van der Waals surface area contributed by atoms with Gasteiger partial charge in [-0.05, 0) is 36.6 Å². The lowest BCUT2D eigenvalue weighted by atomic mass is 9.94. The van der Waals surface area contributed by atoms with Gasteiger partial charge < -0.3 is 10.1 Å². The van der Waals surface area contributed by atoms with Gasteiger partial charge in [0.25, 0.3) is 0 Å². The van der Waals surface area contributed by atoms with E-state index in [9.17, 15) is 14.4 Å². The molecule has 27 heavy (non-hydrogen) atoms. The summed E-state index contributed by atoms with van der Waals surface area (Å²) in [6.45, 7) is 2.03. The van der Waals surface area contributed by atoms with Crippen LogP contribution in [0.5, 0.6) is 0 Å². The van der Waals surface area contributed by atoms with Gasteiger partial charge in [-0.15, -0.1) is 0 Å². The van der Waals surface area contributed by atoms with Gasteiger partial charge in [0.15, 0.2) is 5.78 Å². The van der Waals surface area contributed by atoms with Crippen LogP contribution in [0.15, 0.2) is 48.5 Å². The first-order valence-electron chi connectivity index (χ1n) is 8.77. The number of fused-ring (bicyclic) bond motifs is 1. The Labute approximate surface area is 158 Å². The summed E-state index contributed by atoms with van der Waals surface area (Å²) in [5.74, 6) is -0.663. The van der Waals surface area contributed by atoms with Crippen molar-refractivity contribution in [3.05, 3.63) is 65.2 Å².